The van der Waals surface area contributed by atoms with Gasteiger partial charge in [0.1, 0.15) is 0 Å². The molecular formula is C11H13N3S. The summed E-state index contributed by atoms with van der Waals surface area (Å²) in [5.41, 5.74) is 3.99. The summed E-state index contributed by atoms with van der Waals surface area (Å²) < 4.78 is 0. The van der Waals surface area contributed by atoms with E-state index in [1.54, 1.807) is 11.3 Å². The van der Waals surface area contributed by atoms with Gasteiger partial charge < -0.3 is 5.32 Å². The summed E-state index contributed by atoms with van der Waals surface area (Å²) >= 11 is 1.67. The van der Waals surface area contributed by atoms with Gasteiger partial charge in [0.25, 0.3) is 0 Å². The highest BCUT2D eigenvalue weighted by molar-refractivity contribution is 7.09. The maximum Gasteiger partial charge on any atom is 0.0794 e. The molecule has 2 aromatic heterocycles. The van der Waals surface area contributed by atoms with Gasteiger partial charge in [0, 0.05) is 29.9 Å². The third-order valence-electron chi connectivity index (χ3n) is 2.03. The van der Waals surface area contributed by atoms with Crippen molar-refractivity contribution in [1.82, 2.24) is 15.3 Å². The van der Waals surface area contributed by atoms with Crippen LogP contribution >= 0.6 is 11.3 Å². The zero-order valence-corrected chi connectivity index (χ0v) is 9.42. The molecule has 3 nitrogen and oxygen atoms in total. The predicted molar refractivity (Wildman–Crippen MR) is 61.6 cm³/mol. The van der Waals surface area contributed by atoms with Crippen LogP contribution in [0.25, 0.3) is 0 Å². The van der Waals surface area contributed by atoms with E-state index in [1.165, 1.54) is 4.88 Å². The first-order valence-electron chi connectivity index (χ1n) is 4.85. The number of pyridine rings is 1. The second-order valence-electron chi connectivity index (χ2n) is 3.34. The Balaban J connectivity index is 1.83. The third kappa shape index (κ3) is 3.11. The lowest BCUT2D eigenvalue weighted by Gasteiger charge is -2.02. The van der Waals surface area contributed by atoms with Crippen LogP contribution in [0, 0.1) is 6.92 Å². The van der Waals surface area contributed by atoms with Gasteiger partial charge in [-0.15, -0.1) is 11.3 Å². The Morgan fingerprint density at radius 1 is 1.33 bits per heavy atom. The Morgan fingerprint density at radius 3 is 3.00 bits per heavy atom. The van der Waals surface area contributed by atoms with Gasteiger partial charge in [0.05, 0.1) is 11.2 Å². The summed E-state index contributed by atoms with van der Waals surface area (Å²) in [6.45, 7) is 3.67. The number of rotatable bonds is 4. The average Bonchev–Trinajstić information content (AvgIpc) is 2.71. The van der Waals surface area contributed by atoms with Crippen molar-refractivity contribution in [3.8, 4) is 0 Å². The van der Waals surface area contributed by atoms with E-state index >= 15 is 0 Å². The van der Waals surface area contributed by atoms with Crippen LogP contribution in [0.4, 0.5) is 0 Å². The molecule has 4 heteroatoms. The van der Waals surface area contributed by atoms with E-state index in [2.05, 4.69) is 15.3 Å². The molecule has 0 saturated carbocycles. The summed E-state index contributed by atoms with van der Waals surface area (Å²) in [5.74, 6) is 0. The van der Waals surface area contributed by atoms with Gasteiger partial charge in [0.2, 0.25) is 0 Å². The molecule has 0 amide bonds. The zero-order valence-electron chi connectivity index (χ0n) is 8.60. The van der Waals surface area contributed by atoms with Crippen LogP contribution < -0.4 is 5.32 Å². The molecule has 0 radical (unpaired) electrons. The summed E-state index contributed by atoms with van der Waals surface area (Å²) in [4.78, 5) is 9.69. The molecule has 0 bridgehead atoms. The molecule has 15 heavy (non-hydrogen) atoms. The van der Waals surface area contributed by atoms with E-state index in [4.69, 9.17) is 0 Å². The first-order chi connectivity index (χ1) is 7.34. The molecule has 2 heterocycles. The van der Waals surface area contributed by atoms with Crippen LogP contribution in [0.3, 0.4) is 0 Å². The third-order valence-corrected chi connectivity index (χ3v) is 2.81. The summed E-state index contributed by atoms with van der Waals surface area (Å²) in [5, 5.41) is 3.34. The molecule has 78 valence electrons. The minimum atomic E-state index is 0.805. The zero-order chi connectivity index (χ0) is 10.5. The molecule has 0 aliphatic heterocycles. The fourth-order valence-corrected chi connectivity index (χ4v) is 1.91. The van der Waals surface area contributed by atoms with Gasteiger partial charge in [-0.2, -0.15) is 0 Å². The molecule has 0 unspecified atom stereocenters. The average molecular weight is 219 g/mol. The Bertz CT molecular complexity index is 412. The van der Waals surface area contributed by atoms with Gasteiger partial charge in [0.15, 0.2) is 0 Å². The Labute approximate surface area is 93.2 Å². The van der Waals surface area contributed by atoms with E-state index in [9.17, 15) is 0 Å². The second-order valence-corrected chi connectivity index (χ2v) is 4.31. The van der Waals surface area contributed by atoms with Gasteiger partial charge >= 0.3 is 0 Å². The van der Waals surface area contributed by atoms with Crippen molar-refractivity contribution in [2.75, 3.05) is 0 Å². The summed E-state index contributed by atoms with van der Waals surface area (Å²) in [6.07, 6.45) is 1.89. The first-order valence-corrected chi connectivity index (χ1v) is 5.73. The van der Waals surface area contributed by atoms with Crippen molar-refractivity contribution in [1.29, 1.82) is 0 Å². The largest absolute Gasteiger partial charge is 0.306 e. The predicted octanol–water partition coefficient (Wildman–Crippen LogP) is 2.14. The van der Waals surface area contributed by atoms with Crippen LogP contribution in [0.1, 0.15) is 16.3 Å². The number of nitrogens with zero attached hydrogens (tertiary/aromatic N) is 2. The van der Waals surface area contributed by atoms with E-state index < -0.39 is 0 Å². The van der Waals surface area contributed by atoms with Crippen LogP contribution in [-0.2, 0) is 13.1 Å². The van der Waals surface area contributed by atoms with Gasteiger partial charge in [-0.1, -0.05) is 6.07 Å². The smallest absolute Gasteiger partial charge is 0.0794 e. The second kappa shape index (κ2) is 5.00. The number of aromatic nitrogens is 2. The lowest BCUT2D eigenvalue weighted by Crippen LogP contribution is -2.13. The molecule has 1 N–H and O–H groups in total. The lowest BCUT2D eigenvalue weighted by atomic mass is 10.3. The number of hydrogen-bond donors (Lipinski definition) is 1. The summed E-state index contributed by atoms with van der Waals surface area (Å²) in [6, 6.07) is 6.07. The highest BCUT2D eigenvalue weighted by Gasteiger charge is 1.96. The van der Waals surface area contributed by atoms with E-state index in [0.717, 1.165) is 24.5 Å². The van der Waals surface area contributed by atoms with E-state index in [0.29, 0.717) is 0 Å². The molecular weight excluding hydrogens is 206 g/mol. The van der Waals surface area contributed by atoms with Crippen molar-refractivity contribution < 1.29 is 0 Å². The maximum absolute atomic E-state index is 4.42. The minimum absolute atomic E-state index is 0.805. The Hall–Kier alpha value is -1.26. The molecule has 0 spiro atoms. The molecule has 0 aliphatic carbocycles. The molecule has 2 rings (SSSR count). The maximum atomic E-state index is 4.42. The molecule has 0 fully saturated rings. The number of nitrogens with one attached hydrogen (secondary N) is 1. The van der Waals surface area contributed by atoms with Crippen molar-refractivity contribution in [2.45, 2.75) is 20.0 Å². The van der Waals surface area contributed by atoms with E-state index in [-0.39, 0.29) is 0 Å². The number of thiazole rings is 1. The Morgan fingerprint density at radius 2 is 2.27 bits per heavy atom. The number of hydrogen-bond acceptors (Lipinski definition) is 4. The molecule has 2 aromatic rings. The molecule has 0 saturated heterocycles. The topological polar surface area (TPSA) is 37.8 Å². The quantitative estimate of drug-likeness (QED) is 0.856. The van der Waals surface area contributed by atoms with Gasteiger partial charge in [-0.05, 0) is 19.1 Å². The molecule has 0 aliphatic rings. The standard InChI is InChI=1S/C11H13N3S/c1-9-3-2-4-10(14-9)5-12-6-11-7-13-8-15-11/h2-4,7-8,12H,5-6H2,1H3. The van der Waals surface area contributed by atoms with Gasteiger partial charge in [-0.3, -0.25) is 9.97 Å². The summed E-state index contributed by atoms with van der Waals surface area (Å²) in [7, 11) is 0. The van der Waals surface area contributed by atoms with Crippen LogP contribution in [0.15, 0.2) is 29.9 Å². The monoisotopic (exact) mass is 219 g/mol. The normalized spacial score (nSPS) is 10.5. The van der Waals surface area contributed by atoms with Crippen molar-refractivity contribution in [3.63, 3.8) is 0 Å². The van der Waals surface area contributed by atoms with E-state index in [1.807, 2.05) is 36.8 Å². The molecule has 0 atom stereocenters. The highest BCUT2D eigenvalue weighted by Crippen LogP contribution is 2.05. The van der Waals surface area contributed by atoms with Crippen molar-refractivity contribution in [3.05, 3.63) is 46.2 Å². The van der Waals surface area contributed by atoms with Crippen molar-refractivity contribution in [2.24, 2.45) is 0 Å². The Kier molecular flexibility index (Phi) is 3.42. The molecule has 0 aromatic carbocycles. The van der Waals surface area contributed by atoms with Crippen LogP contribution in [-0.4, -0.2) is 9.97 Å². The number of aryl methyl sites for hydroxylation is 1. The first kappa shape index (κ1) is 10.3. The van der Waals surface area contributed by atoms with Gasteiger partial charge in [-0.25, -0.2) is 0 Å². The van der Waals surface area contributed by atoms with Crippen molar-refractivity contribution >= 4 is 11.3 Å². The minimum Gasteiger partial charge on any atom is -0.306 e. The fourth-order valence-electron chi connectivity index (χ4n) is 1.34. The SMILES string of the molecule is Cc1cccc(CNCc2cncs2)n1. The lowest BCUT2D eigenvalue weighted by molar-refractivity contribution is 0.684. The fraction of sp³-hybridized carbons (Fsp3) is 0.273. The van der Waals surface area contributed by atoms with Crippen LogP contribution in [0.5, 0.6) is 0 Å². The van der Waals surface area contributed by atoms with Crippen LogP contribution in [0.2, 0.25) is 0 Å². The highest BCUT2D eigenvalue weighted by atomic mass is 32.1.